The van der Waals surface area contributed by atoms with Crippen molar-refractivity contribution in [3.63, 3.8) is 0 Å². The van der Waals surface area contributed by atoms with E-state index >= 15 is 0 Å². The molecule has 2 aromatic heterocycles. The molecule has 8 heteroatoms. The number of rotatable bonds is 3. The number of fused-ring (bicyclic) bond motifs is 1. The van der Waals surface area contributed by atoms with E-state index in [1.165, 1.54) is 6.42 Å². The van der Waals surface area contributed by atoms with Gasteiger partial charge in [-0.2, -0.15) is 5.10 Å². The monoisotopic (exact) mass is 301 g/mol. The first-order valence-corrected chi connectivity index (χ1v) is 7.67. The predicted octanol–water partition coefficient (Wildman–Crippen LogP) is 0.897. The molecule has 0 aromatic carbocycles. The van der Waals surface area contributed by atoms with E-state index in [9.17, 15) is 4.79 Å². The van der Waals surface area contributed by atoms with Crippen molar-refractivity contribution in [3.8, 4) is 0 Å². The lowest BCUT2D eigenvalue weighted by Gasteiger charge is -2.24. The van der Waals surface area contributed by atoms with E-state index in [1.54, 1.807) is 10.9 Å². The maximum absolute atomic E-state index is 12.2. The van der Waals surface area contributed by atoms with Crippen LogP contribution in [0.5, 0.6) is 0 Å². The Morgan fingerprint density at radius 1 is 1.36 bits per heavy atom. The Morgan fingerprint density at radius 3 is 3.00 bits per heavy atom. The van der Waals surface area contributed by atoms with Crippen LogP contribution < -0.4 is 5.32 Å². The lowest BCUT2D eigenvalue weighted by molar-refractivity contribution is 0.102. The highest BCUT2D eigenvalue weighted by Gasteiger charge is 2.23. The summed E-state index contributed by atoms with van der Waals surface area (Å²) < 4.78 is 3.74. The standard InChI is InChI=1S/C14H19N7O/c1-19-5-6-20-11(8-19)7-13(17-20)15-14(22)12-9-21(18-16-12)10-3-2-4-10/h7,9-10H,2-6,8H2,1H3,(H,15,17,22). The summed E-state index contributed by atoms with van der Waals surface area (Å²) in [6.07, 6.45) is 5.18. The summed E-state index contributed by atoms with van der Waals surface area (Å²) in [7, 11) is 2.08. The van der Waals surface area contributed by atoms with Crippen LogP contribution in [0.15, 0.2) is 12.3 Å². The molecule has 2 aromatic rings. The van der Waals surface area contributed by atoms with Crippen LogP contribution in [0.1, 0.15) is 41.5 Å². The van der Waals surface area contributed by atoms with Crippen LogP contribution in [0.25, 0.3) is 0 Å². The summed E-state index contributed by atoms with van der Waals surface area (Å²) in [5.74, 6) is 0.322. The molecule has 0 radical (unpaired) electrons. The Bertz CT molecular complexity index is 700. The van der Waals surface area contributed by atoms with E-state index in [-0.39, 0.29) is 5.91 Å². The quantitative estimate of drug-likeness (QED) is 0.911. The van der Waals surface area contributed by atoms with Gasteiger partial charge in [-0.15, -0.1) is 5.10 Å². The minimum atomic E-state index is -0.255. The molecule has 0 spiro atoms. The molecule has 0 unspecified atom stereocenters. The normalized spacial score (nSPS) is 18.8. The van der Waals surface area contributed by atoms with Crippen molar-refractivity contribution in [2.45, 2.75) is 38.4 Å². The number of nitrogens with zero attached hydrogens (tertiary/aromatic N) is 6. The number of anilines is 1. The van der Waals surface area contributed by atoms with Crippen LogP contribution in [0, 0.1) is 0 Å². The van der Waals surface area contributed by atoms with Crippen LogP contribution in [0.2, 0.25) is 0 Å². The first kappa shape index (κ1) is 13.4. The minimum Gasteiger partial charge on any atom is -0.304 e. The topological polar surface area (TPSA) is 80.9 Å². The second-order valence-corrected chi connectivity index (χ2v) is 6.10. The highest BCUT2D eigenvalue weighted by atomic mass is 16.2. The van der Waals surface area contributed by atoms with Crippen LogP contribution in [0.3, 0.4) is 0 Å². The summed E-state index contributed by atoms with van der Waals surface area (Å²) in [4.78, 5) is 14.5. The maximum atomic E-state index is 12.2. The molecule has 0 bridgehead atoms. The summed E-state index contributed by atoms with van der Waals surface area (Å²) in [5, 5.41) is 15.3. The van der Waals surface area contributed by atoms with Gasteiger partial charge in [0.1, 0.15) is 0 Å². The molecule has 1 aliphatic heterocycles. The molecule has 8 nitrogen and oxygen atoms in total. The first-order chi connectivity index (χ1) is 10.7. The first-order valence-electron chi connectivity index (χ1n) is 7.67. The molecule has 1 fully saturated rings. The molecule has 0 saturated heterocycles. The fraction of sp³-hybridized carbons (Fsp3) is 0.571. The van der Waals surface area contributed by atoms with Gasteiger partial charge in [-0.3, -0.25) is 14.4 Å². The smallest absolute Gasteiger partial charge is 0.279 e. The van der Waals surface area contributed by atoms with E-state index in [0.29, 0.717) is 17.6 Å². The lowest BCUT2D eigenvalue weighted by atomic mass is 9.93. The Morgan fingerprint density at radius 2 is 2.23 bits per heavy atom. The highest BCUT2D eigenvalue weighted by Crippen LogP contribution is 2.30. The lowest BCUT2D eigenvalue weighted by Crippen LogP contribution is -2.30. The fourth-order valence-electron chi connectivity index (χ4n) is 2.85. The summed E-state index contributed by atoms with van der Waals surface area (Å²) in [6, 6.07) is 2.33. The third-order valence-electron chi connectivity index (χ3n) is 4.42. The molecule has 1 aliphatic carbocycles. The second-order valence-electron chi connectivity index (χ2n) is 6.10. The molecule has 1 saturated carbocycles. The Balaban J connectivity index is 1.46. The number of aromatic nitrogens is 5. The van der Waals surface area contributed by atoms with Gasteiger partial charge < -0.3 is 5.32 Å². The van der Waals surface area contributed by atoms with Gasteiger partial charge in [0.05, 0.1) is 24.5 Å². The zero-order chi connectivity index (χ0) is 15.1. The van der Waals surface area contributed by atoms with E-state index < -0.39 is 0 Å². The third kappa shape index (κ3) is 2.39. The van der Waals surface area contributed by atoms with E-state index in [0.717, 1.165) is 38.2 Å². The fourth-order valence-corrected chi connectivity index (χ4v) is 2.85. The van der Waals surface area contributed by atoms with Crippen LogP contribution in [-0.2, 0) is 13.1 Å². The van der Waals surface area contributed by atoms with E-state index in [4.69, 9.17) is 0 Å². The predicted molar refractivity (Wildman–Crippen MR) is 79.4 cm³/mol. The number of hydrogen-bond donors (Lipinski definition) is 1. The van der Waals surface area contributed by atoms with E-state index in [2.05, 4.69) is 32.7 Å². The average molecular weight is 301 g/mol. The second kappa shape index (κ2) is 5.20. The van der Waals surface area contributed by atoms with Crippen LogP contribution in [0.4, 0.5) is 5.82 Å². The maximum Gasteiger partial charge on any atom is 0.279 e. The molecule has 1 N–H and O–H groups in total. The molecule has 4 rings (SSSR count). The highest BCUT2D eigenvalue weighted by molar-refractivity contribution is 6.02. The van der Waals surface area contributed by atoms with Gasteiger partial charge in [0.25, 0.3) is 5.91 Å². The van der Waals surface area contributed by atoms with Gasteiger partial charge in [0.2, 0.25) is 0 Å². The van der Waals surface area contributed by atoms with Gasteiger partial charge in [0, 0.05) is 19.2 Å². The molecule has 2 aliphatic rings. The SMILES string of the molecule is CN1CCn2nc(NC(=O)c3cn(C4CCC4)nn3)cc2C1. The van der Waals surface area contributed by atoms with Gasteiger partial charge >= 0.3 is 0 Å². The summed E-state index contributed by atoms with van der Waals surface area (Å²) >= 11 is 0. The number of carbonyl (C=O) groups is 1. The van der Waals surface area contributed by atoms with Gasteiger partial charge in [-0.25, -0.2) is 4.68 Å². The van der Waals surface area contributed by atoms with Crippen molar-refractivity contribution in [3.05, 3.63) is 23.7 Å². The van der Waals surface area contributed by atoms with Crippen molar-refractivity contribution >= 4 is 11.7 Å². The average Bonchev–Trinajstić information content (AvgIpc) is 3.02. The van der Waals surface area contributed by atoms with Crippen molar-refractivity contribution in [2.24, 2.45) is 0 Å². The molecule has 116 valence electrons. The van der Waals surface area contributed by atoms with Crippen LogP contribution in [-0.4, -0.2) is 49.2 Å². The summed E-state index contributed by atoms with van der Waals surface area (Å²) in [6.45, 7) is 2.66. The number of carbonyl (C=O) groups excluding carboxylic acids is 1. The molecule has 1 amide bonds. The summed E-state index contributed by atoms with van der Waals surface area (Å²) in [5.41, 5.74) is 1.46. The number of likely N-dealkylation sites (N-methyl/N-ethyl adjacent to an activating group) is 1. The van der Waals surface area contributed by atoms with E-state index in [1.807, 2.05) is 10.7 Å². The Hall–Kier alpha value is -2.22. The molecule has 0 atom stereocenters. The van der Waals surface area contributed by atoms with Gasteiger partial charge in [-0.1, -0.05) is 5.21 Å². The number of nitrogens with one attached hydrogen (secondary N) is 1. The molecule has 3 heterocycles. The molecular weight excluding hydrogens is 282 g/mol. The van der Waals surface area contributed by atoms with Crippen molar-refractivity contribution in [1.82, 2.24) is 29.7 Å². The third-order valence-corrected chi connectivity index (χ3v) is 4.42. The van der Waals surface area contributed by atoms with Crippen molar-refractivity contribution in [1.29, 1.82) is 0 Å². The minimum absolute atomic E-state index is 0.255. The van der Waals surface area contributed by atoms with Crippen molar-refractivity contribution < 1.29 is 4.79 Å². The largest absolute Gasteiger partial charge is 0.304 e. The number of hydrogen-bond acceptors (Lipinski definition) is 5. The number of amides is 1. The van der Waals surface area contributed by atoms with Crippen molar-refractivity contribution in [2.75, 3.05) is 18.9 Å². The zero-order valence-electron chi connectivity index (χ0n) is 12.6. The molecule has 22 heavy (non-hydrogen) atoms. The zero-order valence-corrected chi connectivity index (χ0v) is 12.6. The Kier molecular flexibility index (Phi) is 3.18. The van der Waals surface area contributed by atoms with Crippen LogP contribution >= 0.6 is 0 Å². The molecular formula is C14H19N7O. The Labute approximate surface area is 128 Å². The van der Waals surface area contributed by atoms with Gasteiger partial charge in [0.15, 0.2) is 11.5 Å². The van der Waals surface area contributed by atoms with Gasteiger partial charge in [-0.05, 0) is 26.3 Å².